The number of fused-ring (bicyclic) bond motifs is 5. The molecule has 0 fully saturated rings. The molecular weight excluding hydrogens is 950 g/mol. The van der Waals surface area contributed by atoms with Crippen molar-refractivity contribution in [2.24, 2.45) is 0 Å². The molecule has 2 aromatic carbocycles. The van der Waals surface area contributed by atoms with E-state index in [4.69, 9.17) is 9.72 Å². The van der Waals surface area contributed by atoms with Crippen LogP contribution in [0.5, 0.6) is 0 Å². The van der Waals surface area contributed by atoms with Crippen molar-refractivity contribution in [2.45, 2.75) is 96.1 Å². The van der Waals surface area contributed by atoms with E-state index in [9.17, 15) is 53.1 Å². The molecule has 0 saturated heterocycles. The maximum atomic E-state index is 15.3. The van der Waals surface area contributed by atoms with Crippen molar-refractivity contribution in [3.05, 3.63) is 110 Å². The molecule has 0 radical (unpaired) electrons. The molecular formula is C51H54FN9O12. The highest BCUT2D eigenvalue weighted by Gasteiger charge is 2.38. The SMILES string of the molecule is Cc1c(F)cc2nc3c(c4c2c1CC[C@@H]4NC(=O)CCCNC(=O)CNC(=O)C(Cc1ccccc1)NC(=O)CNC(=O)CNC(=O)CCCCCN1C(=O)C=CC1=O)Cn1c-3cc2c(c1=O)COC(=O)C2O. The molecule has 7 N–H and O–H groups in total. The standard InChI is InChI=1S/C51H54FN9O12/c1-27-29-13-14-34(46-31-25-61-37(47(31)59-35(45(29)46)21-33(27)52)20-30-32(50(61)71)26-73-51(72)48(30)69)57-39(63)12-8-17-53-40(64)23-56-49(70)36(19-28-9-4-2-5-10-28)58-42(66)24-55-41(65)22-54-38(62)11-6-3-7-18-60-43(67)15-16-44(60)68/h2,4-5,9-10,15-16,20-21,34,36,48,69H,3,6-8,11-14,17-19,22-26H2,1H3,(H,53,64)(H,54,62)(H,55,65)(H,56,70)(H,57,63)(H,58,66)/t34-,36?,48?/m0/s1. The quantitative estimate of drug-likeness (QED) is 0.0300. The Kier molecular flexibility index (Phi) is 15.8. The lowest BCUT2D eigenvalue weighted by molar-refractivity contribution is -0.157. The number of carbonyl (C=O) groups excluding carboxylic acids is 9. The Morgan fingerprint density at radius 2 is 1.51 bits per heavy atom. The van der Waals surface area contributed by atoms with Gasteiger partial charge in [-0.05, 0) is 67.3 Å². The average Bonchev–Trinajstić information content (AvgIpc) is 3.91. The fourth-order valence-corrected chi connectivity index (χ4v) is 9.54. The summed E-state index contributed by atoms with van der Waals surface area (Å²) in [7, 11) is 0. The summed E-state index contributed by atoms with van der Waals surface area (Å²) in [5.41, 5.74) is 4.17. The number of aliphatic hydroxyl groups is 1. The molecule has 73 heavy (non-hydrogen) atoms. The molecule has 0 saturated carbocycles. The highest BCUT2D eigenvalue weighted by atomic mass is 19.1. The largest absolute Gasteiger partial charge is 0.458 e. The van der Waals surface area contributed by atoms with Crippen LogP contribution in [0.15, 0.2) is 59.4 Å². The molecule has 1 aliphatic carbocycles. The van der Waals surface area contributed by atoms with Crippen LogP contribution in [0.25, 0.3) is 22.3 Å². The maximum Gasteiger partial charge on any atom is 0.340 e. The second kappa shape index (κ2) is 22.5. The molecule has 3 atom stereocenters. The third-order valence-electron chi connectivity index (χ3n) is 13.3. The van der Waals surface area contributed by atoms with Crippen LogP contribution in [0, 0.1) is 12.7 Å². The summed E-state index contributed by atoms with van der Waals surface area (Å²) < 4.78 is 21.8. The predicted molar refractivity (Wildman–Crippen MR) is 257 cm³/mol. The summed E-state index contributed by atoms with van der Waals surface area (Å²) in [6.07, 6.45) is 3.61. The van der Waals surface area contributed by atoms with E-state index in [0.717, 1.165) is 10.5 Å². The number of benzene rings is 2. The third kappa shape index (κ3) is 11.6. The Morgan fingerprint density at radius 3 is 2.27 bits per heavy atom. The fourth-order valence-electron chi connectivity index (χ4n) is 9.54. The molecule has 382 valence electrons. The molecule has 21 nitrogen and oxygen atoms in total. The number of nitrogens with zero attached hydrogens (tertiary/aromatic N) is 3. The van der Waals surface area contributed by atoms with Crippen molar-refractivity contribution in [1.82, 2.24) is 46.4 Å². The zero-order valence-electron chi connectivity index (χ0n) is 39.9. The highest BCUT2D eigenvalue weighted by molar-refractivity contribution is 6.12. The molecule has 0 spiro atoms. The number of esters is 1. The number of rotatable bonds is 21. The molecule has 8 amide bonds. The number of halogens is 1. The number of pyridine rings is 2. The first kappa shape index (κ1) is 51.2. The number of cyclic esters (lactones) is 1. The fraction of sp³-hybridized carbons (Fsp3) is 0.392. The Hall–Kier alpha value is -8.14. The van der Waals surface area contributed by atoms with Gasteiger partial charge in [0.1, 0.15) is 18.5 Å². The van der Waals surface area contributed by atoms with Crippen LogP contribution < -0.4 is 37.5 Å². The second-order valence-electron chi connectivity index (χ2n) is 18.2. The second-order valence-corrected chi connectivity index (χ2v) is 18.2. The average molecular weight is 1000 g/mol. The van der Waals surface area contributed by atoms with E-state index in [0.29, 0.717) is 76.6 Å². The van der Waals surface area contributed by atoms with Gasteiger partial charge in [-0.1, -0.05) is 36.8 Å². The van der Waals surface area contributed by atoms with Crippen LogP contribution >= 0.6 is 0 Å². The zero-order valence-corrected chi connectivity index (χ0v) is 39.9. The van der Waals surface area contributed by atoms with Crippen LogP contribution in [0.3, 0.4) is 0 Å². The first-order chi connectivity index (χ1) is 35.1. The molecule has 2 aromatic heterocycles. The van der Waals surface area contributed by atoms with E-state index in [-0.39, 0.29) is 80.8 Å². The minimum Gasteiger partial charge on any atom is -0.458 e. The van der Waals surface area contributed by atoms with Crippen LogP contribution in [0.4, 0.5) is 4.39 Å². The van der Waals surface area contributed by atoms with Gasteiger partial charge in [-0.2, -0.15) is 0 Å². The Morgan fingerprint density at radius 1 is 0.808 bits per heavy atom. The van der Waals surface area contributed by atoms with Gasteiger partial charge in [-0.3, -0.25) is 48.1 Å². The molecule has 3 aliphatic heterocycles. The maximum absolute atomic E-state index is 15.3. The van der Waals surface area contributed by atoms with Crippen molar-refractivity contribution >= 4 is 64.1 Å². The van der Waals surface area contributed by atoms with Gasteiger partial charge in [0, 0.05) is 67.1 Å². The lowest BCUT2D eigenvalue weighted by Crippen LogP contribution is -2.52. The lowest BCUT2D eigenvalue weighted by Gasteiger charge is -2.29. The minimum absolute atomic E-state index is 0.00831. The summed E-state index contributed by atoms with van der Waals surface area (Å²) in [5.74, 6) is -5.34. The van der Waals surface area contributed by atoms with Gasteiger partial charge in [-0.15, -0.1) is 0 Å². The Balaban J connectivity index is 0.792. The zero-order chi connectivity index (χ0) is 51.9. The van der Waals surface area contributed by atoms with Crippen LogP contribution in [0.1, 0.15) is 96.0 Å². The van der Waals surface area contributed by atoms with E-state index in [1.54, 1.807) is 43.3 Å². The lowest BCUT2D eigenvalue weighted by atomic mass is 9.81. The van der Waals surface area contributed by atoms with Crippen LogP contribution in [-0.4, -0.2) is 112 Å². The van der Waals surface area contributed by atoms with Crippen LogP contribution in [0.2, 0.25) is 0 Å². The van der Waals surface area contributed by atoms with E-state index >= 15 is 4.39 Å². The summed E-state index contributed by atoms with van der Waals surface area (Å²) in [6, 6.07) is 10.0. The van der Waals surface area contributed by atoms with E-state index < -0.39 is 84.7 Å². The summed E-state index contributed by atoms with van der Waals surface area (Å²) in [5, 5.41) is 27.1. The number of hydrogen-bond donors (Lipinski definition) is 7. The molecule has 4 aliphatic rings. The predicted octanol–water partition coefficient (Wildman–Crippen LogP) is 0.524. The van der Waals surface area contributed by atoms with Crippen molar-refractivity contribution in [3.63, 3.8) is 0 Å². The number of aromatic nitrogens is 2. The normalized spacial score (nSPS) is 16.5. The van der Waals surface area contributed by atoms with Crippen molar-refractivity contribution in [3.8, 4) is 11.4 Å². The van der Waals surface area contributed by atoms with E-state index in [1.807, 2.05) is 0 Å². The monoisotopic (exact) mass is 1000 g/mol. The van der Waals surface area contributed by atoms with Gasteiger partial charge in [0.2, 0.25) is 35.4 Å². The van der Waals surface area contributed by atoms with Gasteiger partial charge >= 0.3 is 5.97 Å². The molecule has 0 bridgehead atoms. The van der Waals surface area contributed by atoms with Gasteiger partial charge in [-0.25, -0.2) is 14.2 Å². The van der Waals surface area contributed by atoms with E-state index in [2.05, 4.69) is 31.9 Å². The molecule has 5 heterocycles. The molecule has 22 heteroatoms. The topological polar surface area (TPSA) is 293 Å². The van der Waals surface area contributed by atoms with Gasteiger partial charge in [0.25, 0.3) is 17.4 Å². The Bertz CT molecular complexity index is 3010. The molecule has 2 unspecified atom stereocenters. The Labute approximate surface area is 416 Å². The summed E-state index contributed by atoms with van der Waals surface area (Å²) in [4.78, 5) is 132. The first-order valence-electron chi connectivity index (χ1n) is 24.1. The summed E-state index contributed by atoms with van der Waals surface area (Å²) in [6.45, 7) is 0.467. The number of nitrogens with one attached hydrogen (secondary N) is 6. The number of ether oxygens (including phenoxy) is 1. The number of carbonyl (C=O) groups is 9. The number of aryl methyl sites for hydroxylation is 1. The van der Waals surface area contributed by atoms with Crippen molar-refractivity contribution < 1.29 is 57.4 Å². The number of hydrogen-bond acceptors (Lipinski definition) is 13. The number of amides is 8. The number of unbranched alkanes of at least 4 members (excludes halogenated alkanes) is 2. The van der Waals surface area contributed by atoms with Gasteiger partial charge in [0.05, 0.1) is 54.7 Å². The third-order valence-corrected chi connectivity index (χ3v) is 13.3. The molecule has 8 rings (SSSR count). The van der Waals surface area contributed by atoms with Crippen LogP contribution in [-0.2, 0) is 73.9 Å². The first-order valence-corrected chi connectivity index (χ1v) is 24.1. The minimum atomic E-state index is -1.65. The van der Waals surface area contributed by atoms with Crippen molar-refractivity contribution in [1.29, 1.82) is 0 Å². The summed E-state index contributed by atoms with van der Waals surface area (Å²) >= 11 is 0. The number of aliphatic hydroxyl groups excluding tert-OH is 1. The van der Waals surface area contributed by atoms with E-state index in [1.165, 1.54) is 22.8 Å². The smallest absolute Gasteiger partial charge is 0.340 e. The van der Waals surface area contributed by atoms with Crippen molar-refractivity contribution in [2.75, 3.05) is 32.7 Å². The van der Waals surface area contributed by atoms with Gasteiger partial charge in [0.15, 0.2) is 6.10 Å². The molecule has 4 aromatic rings. The highest BCUT2D eigenvalue weighted by Crippen LogP contribution is 2.45. The number of imide groups is 1. The van der Waals surface area contributed by atoms with Gasteiger partial charge < -0.3 is 46.3 Å².